The van der Waals surface area contributed by atoms with Gasteiger partial charge in [0.15, 0.2) is 0 Å². The SMILES string of the molecule is CC(C)CC(O)CNCC1CCC2(CCCC2)O1. The van der Waals surface area contributed by atoms with Crippen LogP contribution in [0.5, 0.6) is 0 Å². The van der Waals surface area contributed by atoms with E-state index in [1.165, 1.54) is 38.5 Å². The van der Waals surface area contributed by atoms with Crippen molar-refractivity contribution in [3.63, 3.8) is 0 Å². The standard InChI is InChI=1S/C15H29NO2/c1-12(2)9-13(17)10-16-11-14-5-8-15(18-14)6-3-4-7-15/h12-14,16-17H,3-11H2,1-2H3. The van der Waals surface area contributed by atoms with Crippen molar-refractivity contribution in [1.82, 2.24) is 5.32 Å². The number of hydrogen-bond donors (Lipinski definition) is 2. The van der Waals surface area contributed by atoms with Crippen molar-refractivity contribution in [3.05, 3.63) is 0 Å². The molecule has 1 saturated carbocycles. The first-order valence-electron chi connectivity index (χ1n) is 7.66. The van der Waals surface area contributed by atoms with Gasteiger partial charge in [-0.1, -0.05) is 26.7 Å². The fourth-order valence-electron chi connectivity index (χ4n) is 3.46. The predicted octanol–water partition coefficient (Wildman–Crippen LogP) is 2.47. The first-order chi connectivity index (χ1) is 8.60. The van der Waals surface area contributed by atoms with Crippen LogP contribution in [0.25, 0.3) is 0 Å². The maximum Gasteiger partial charge on any atom is 0.0708 e. The molecule has 1 aliphatic carbocycles. The van der Waals surface area contributed by atoms with Gasteiger partial charge in [0.2, 0.25) is 0 Å². The van der Waals surface area contributed by atoms with Crippen LogP contribution in [0.3, 0.4) is 0 Å². The van der Waals surface area contributed by atoms with Crippen molar-refractivity contribution in [2.75, 3.05) is 13.1 Å². The molecule has 0 radical (unpaired) electrons. The maximum absolute atomic E-state index is 9.80. The van der Waals surface area contributed by atoms with Gasteiger partial charge in [-0.2, -0.15) is 0 Å². The number of aliphatic hydroxyl groups excluding tert-OH is 1. The quantitative estimate of drug-likeness (QED) is 0.766. The molecule has 0 amide bonds. The first kappa shape index (κ1) is 14.3. The monoisotopic (exact) mass is 255 g/mol. The van der Waals surface area contributed by atoms with Crippen molar-refractivity contribution >= 4 is 0 Å². The Bertz CT molecular complexity index is 249. The average Bonchev–Trinajstić information content (AvgIpc) is 2.89. The molecule has 3 heteroatoms. The average molecular weight is 255 g/mol. The van der Waals surface area contributed by atoms with Crippen LogP contribution in [0.15, 0.2) is 0 Å². The van der Waals surface area contributed by atoms with E-state index in [1.54, 1.807) is 0 Å². The molecule has 2 N–H and O–H groups in total. The molecule has 0 aromatic carbocycles. The summed E-state index contributed by atoms with van der Waals surface area (Å²) in [5.74, 6) is 0.561. The minimum atomic E-state index is -0.216. The predicted molar refractivity (Wildman–Crippen MR) is 73.6 cm³/mol. The largest absolute Gasteiger partial charge is 0.392 e. The van der Waals surface area contributed by atoms with Crippen LogP contribution < -0.4 is 5.32 Å². The second-order valence-electron chi connectivity index (χ2n) is 6.61. The number of rotatable bonds is 6. The lowest BCUT2D eigenvalue weighted by Gasteiger charge is -2.24. The van der Waals surface area contributed by atoms with Crippen molar-refractivity contribution in [3.8, 4) is 0 Å². The van der Waals surface area contributed by atoms with Crippen molar-refractivity contribution in [2.45, 2.75) is 76.6 Å². The van der Waals surface area contributed by atoms with Crippen molar-refractivity contribution in [2.24, 2.45) is 5.92 Å². The fourth-order valence-corrected chi connectivity index (χ4v) is 3.46. The zero-order valence-electron chi connectivity index (χ0n) is 12.0. The zero-order valence-corrected chi connectivity index (χ0v) is 12.0. The van der Waals surface area contributed by atoms with E-state index in [0.717, 1.165) is 13.0 Å². The van der Waals surface area contributed by atoms with E-state index < -0.39 is 0 Å². The maximum atomic E-state index is 9.80. The molecule has 2 aliphatic rings. The molecule has 0 aromatic heterocycles. The molecule has 2 rings (SSSR count). The second-order valence-corrected chi connectivity index (χ2v) is 6.61. The highest BCUT2D eigenvalue weighted by Gasteiger charge is 2.41. The van der Waals surface area contributed by atoms with Gasteiger partial charge in [0, 0.05) is 13.1 Å². The third-order valence-corrected chi connectivity index (χ3v) is 4.35. The van der Waals surface area contributed by atoms with E-state index in [-0.39, 0.29) is 11.7 Å². The van der Waals surface area contributed by atoms with E-state index in [1.807, 2.05) is 0 Å². The topological polar surface area (TPSA) is 41.5 Å². The summed E-state index contributed by atoms with van der Waals surface area (Å²) in [5, 5.41) is 13.2. The molecular formula is C15H29NO2. The number of hydrogen-bond acceptors (Lipinski definition) is 3. The summed E-state index contributed by atoms with van der Waals surface area (Å²) < 4.78 is 6.23. The van der Waals surface area contributed by atoms with Crippen LogP contribution in [0.1, 0.15) is 58.8 Å². The van der Waals surface area contributed by atoms with E-state index in [0.29, 0.717) is 18.6 Å². The van der Waals surface area contributed by atoms with Crippen molar-refractivity contribution < 1.29 is 9.84 Å². The molecule has 2 fully saturated rings. The Morgan fingerprint density at radius 2 is 2.00 bits per heavy atom. The second kappa shape index (κ2) is 6.36. The summed E-state index contributed by atoms with van der Waals surface area (Å²) in [4.78, 5) is 0. The molecule has 1 spiro atoms. The van der Waals surface area contributed by atoms with Crippen LogP contribution in [0.2, 0.25) is 0 Å². The molecular weight excluding hydrogens is 226 g/mol. The van der Waals surface area contributed by atoms with Gasteiger partial charge in [-0.3, -0.25) is 0 Å². The van der Waals surface area contributed by atoms with Gasteiger partial charge in [-0.05, 0) is 38.0 Å². The summed E-state index contributed by atoms with van der Waals surface area (Å²) in [6.07, 6.45) is 8.67. The van der Waals surface area contributed by atoms with Crippen LogP contribution in [0.4, 0.5) is 0 Å². The lowest BCUT2D eigenvalue weighted by molar-refractivity contribution is -0.0357. The Kier molecular flexibility index (Phi) is 5.05. The Labute approximate surface area is 111 Å². The third-order valence-electron chi connectivity index (χ3n) is 4.35. The lowest BCUT2D eigenvalue weighted by atomic mass is 9.98. The number of aliphatic hydroxyl groups is 1. The summed E-state index contributed by atoms with van der Waals surface area (Å²) in [5.41, 5.74) is 0.239. The Hall–Kier alpha value is -0.120. The van der Waals surface area contributed by atoms with Gasteiger partial charge in [0.05, 0.1) is 17.8 Å². The van der Waals surface area contributed by atoms with Crippen LogP contribution in [0, 0.1) is 5.92 Å². The summed E-state index contributed by atoms with van der Waals surface area (Å²) in [7, 11) is 0. The minimum Gasteiger partial charge on any atom is -0.392 e. The van der Waals surface area contributed by atoms with Gasteiger partial charge in [-0.25, -0.2) is 0 Å². The van der Waals surface area contributed by atoms with Gasteiger partial charge in [0.1, 0.15) is 0 Å². The smallest absolute Gasteiger partial charge is 0.0708 e. The summed E-state index contributed by atoms with van der Waals surface area (Å²) in [6.45, 7) is 5.89. The van der Waals surface area contributed by atoms with E-state index in [9.17, 15) is 5.11 Å². The Morgan fingerprint density at radius 1 is 1.28 bits per heavy atom. The van der Waals surface area contributed by atoms with Crippen molar-refractivity contribution in [1.29, 1.82) is 0 Å². The summed E-state index contributed by atoms with van der Waals surface area (Å²) in [6, 6.07) is 0. The molecule has 2 unspecified atom stereocenters. The van der Waals surface area contributed by atoms with E-state index in [4.69, 9.17) is 4.74 Å². The van der Waals surface area contributed by atoms with Crippen LogP contribution in [-0.4, -0.2) is 36.0 Å². The highest BCUT2D eigenvalue weighted by atomic mass is 16.5. The molecule has 0 aromatic rings. The molecule has 0 bridgehead atoms. The van der Waals surface area contributed by atoms with Gasteiger partial charge < -0.3 is 15.2 Å². The van der Waals surface area contributed by atoms with Gasteiger partial charge in [-0.15, -0.1) is 0 Å². The highest BCUT2D eigenvalue weighted by Crippen LogP contribution is 2.43. The minimum absolute atomic E-state index is 0.216. The molecule has 18 heavy (non-hydrogen) atoms. The van der Waals surface area contributed by atoms with Gasteiger partial charge >= 0.3 is 0 Å². The normalized spacial score (nSPS) is 28.3. The first-order valence-corrected chi connectivity index (χ1v) is 7.66. The van der Waals surface area contributed by atoms with Crippen LogP contribution in [-0.2, 0) is 4.74 Å². The Balaban J connectivity index is 1.60. The number of ether oxygens (including phenoxy) is 1. The summed E-state index contributed by atoms with van der Waals surface area (Å²) >= 11 is 0. The molecule has 106 valence electrons. The number of nitrogens with one attached hydrogen (secondary N) is 1. The third kappa shape index (κ3) is 3.94. The Morgan fingerprint density at radius 3 is 2.67 bits per heavy atom. The molecule has 1 aliphatic heterocycles. The van der Waals surface area contributed by atoms with Gasteiger partial charge in [0.25, 0.3) is 0 Å². The van der Waals surface area contributed by atoms with E-state index in [2.05, 4.69) is 19.2 Å². The van der Waals surface area contributed by atoms with E-state index >= 15 is 0 Å². The molecule has 1 heterocycles. The van der Waals surface area contributed by atoms with Crippen LogP contribution >= 0.6 is 0 Å². The lowest BCUT2D eigenvalue weighted by Crippen LogP contribution is -2.35. The zero-order chi connectivity index (χ0) is 13.0. The fraction of sp³-hybridized carbons (Fsp3) is 1.00. The molecule has 3 nitrogen and oxygen atoms in total. The molecule has 2 atom stereocenters. The highest BCUT2D eigenvalue weighted by molar-refractivity contribution is 4.93. The molecule has 1 saturated heterocycles.